The van der Waals surface area contributed by atoms with Crippen LogP contribution in [-0.2, 0) is 0 Å². The third-order valence-corrected chi connectivity index (χ3v) is 2.74. The van der Waals surface area contributed by atoms with Gasteiger partial charge in [0.1, 0.15) is 0 Å². The average Bonchev–Trinajstić information content (AvgIpc) is 2.04. The quantitative estimate of drug-likeness (QED) is 0.517. The molecule has 0 aromatic carbocycles. The number of rotatable bonds is 2. The minimum Gasteiger partial charge on any atom is -0.389 e. The molecule has 1 aliphatic heterocycles. The number of nitrogens with two attached hydrogens (primary N) is 1. The van der Waals surface area contributed by atoms with Crippen LogP contribution in [0.2, 0.25) is 0 Å². The van der Waals surface area contributed by atoms with E-state index in [4.69, 9.17) is 5.73 Å². The second-order valence-electron chi connectivity index (χ2n) is 3.49. The molecule has 3 nitrogen and oxygen atoms in total. The molecule has 1 saturated heterocycles. The van der Waals surface area contributed by atoms with Gasteiger partial charge < -0.3 is 16.2 Å². The van der Waals surface area contributed by atoms with E-state index in [-0.39, 0.29) is 5.92 Å². The lowest BCUT2D eigenvalue weighted by atomic mass is 9.81. The van der Waals surface area contributed by atoms with Gasteiger partial charge >= 0.3 is 0 Å². The van der Waals surface area contributed by atoms with Gasteiger partial charge in [-0.2, -0.15) is 0 Å². The van der Waals surface area contributed by atoms with E-state index in [1.165, 1.54) is 0 Å². The molecule has 1 rings (SSSR count). The van der Waals surface area contributed by atoms with Gasteiger partial charge in [0, 0.05) is 0 Å². The van der Waals surface area contributed by atoms with E-state index in [2.05, 4.69) is 5.32 Å². The van der Waals surface area contributed by atoms with Crippen molar-refractivity contribution in [3.05, 3.63) is 0 Å². The molecule has 0 bridgehead atoms. The molecule has 1 atom stereocenters. The maximum Gasteiger partial charge on any atom is 0.0709 e. The summed E-state index contributed by atoms with van der Waals surface area (Å²) in [6.07, 6.45) is 1.68. The number of aliphatic hydroxyl groups is 1. The molecule has 1 fully saturated rings. The minimum absolute atomic E-state index is 0.226. The summed E-state index contributed by atoms with van der Waals surface area (Å²) in [7, 11) is 0. The van der Waals surface area contributed by atoms with Gasteiger partial charge in [0.2, 0.25) is 0 Å². The zero-order valence-corrected chi connectivity index (χ0v) is 7.14. The molecule has 1 unspecified atom stereocenters. The van der Waals surface area contributed by atoms with Gasteiger partial charge in [0.05, 0.1) is 5.60 Å². The fraction of sp³-hybridized carbons (Fsp3) is 1.00. The van der Waals surface area contributed by atoms with Crippen LogP contribution in [-0.4, -0.2) is 30.3 Å². The van der Waals surface area contributed by atoms with Crippen LogP contribution in [0, 0.1) is 5.92 Å². The number of hydrogen-bond acceptors (Lipinski definition) is 3. The molecule has 1 heterocycles. The van der Waals surface area contributed by atoms with E-state index in [9.17, 15) is 5.11 Å². The van der Waals surface area contributed by atoms with E-state index in [1.807, 2.05) is 6.92 Å². The van der Waals surface area contributed by atoms with Crippen LogP contribution in [0.1, 0.15) is 19.8 Å². The monoisotopic (exact) mass is 158 g/mol. The molecule has 0 aromatic heterocycles. The van der Waals surface area contributed by atoms with E-state index < -0.39 is 5.60 Å². The van der Waals surface area contributed by atoms with Gasteiger partial charge in [-0.1, -0.05) is 6.92 Å². The van der Waals surface area contributed by atoms with Gasteiger partial charge in [0.15, 0.2) is 0 Å². The highest BCUT2D eigenvalue weighted by Gasteiger charge is 2.33. The van der Waals surface area contributed by atoms with Crippen LogP contribution < -0.4 is 11.1 Å². The Morgan fingerprint density at radius 3 is 2.55 bits per heavy atom. The largest absolute Gasteiger partial charge is 0.389 e. The van der Waals surface area contributed by atoms with Crippen molar-refractivity contribution in [2.24, 2.45) is 11.7 Å². The molecule has 3 heteroatoms. The third kappa shape index (κ3) is 1.92. The van der Waals surface area contributed by atoms with Gasteiger partial charge in [-0.15, -0.1) is 0 Å². The lowest BCUT2D eigenvalue weighted by Crippen LogP contribution is -2.48. The van der Waals surface area contributed by atoms with Crippen molar-refractivity contribution in [1.82, 2.24) is 5.32 Å². The molecule has 0 radical (unpaired) electrons. The molecule has 0 aliphatic carbocycles. The predicted molar refractivity (Wildman–Crippen MR) is 45.3 cm³/mol. The van der Waals surface area contributed by atoms with Crippen molar-refractivity contribution in [2.45, 2.75) is 25.4 Å². The van der Waals surface area contributed by atoms with Crippen LogP contribution >= 0.6 is 0 Å². The highest BCUT2D eigenvalue weighted by Crippen LogP contribution is 2.25. The van der Waals surface area contributed by atoms with Gasteiger partial charge in [0.25, 0.3) is 0 Å². The van der Waals surface area contributed by atoms with Gasteiger partial charge in [-0.05, 0) is 38.4 Å². The Labute approximate surface area is 68.0 Å². The summed E-state index contributed by atoms with van der Waals surface area (Å²) in [6.45, 7) is 4.43. The highest BCUT2D eigenvalue weighted by atomic mass is 16.3. The molecule has 11 heavy (non-hydrogen) atoms. The molecular weight excluding hydrogens is 140 g/mol. The lowest BCUT2D eigenvalue weighted by molar-refractivity contribution is -0.0341. The Bertz CT molecular complexity index is 121. The van der Waals surface area contributed by atoms with Crippen molar-refractivity contribution in [3.63, 3.8) is 0 Å². The Hall–Kier alpha value is -0.120. The summed E-state index contributed by atoms with van der Waals surface area (Å²) in [6, 6.07) is 0. The van der Waals surface area contributed by atoms with Crippen LogP contribution in [0.5, 0.6) is 0 Å². The Kier molecular flexibility index (Phi) is 2.87. The summed E-state index contributed by atoms with van der Waals surface area (Å²) < 4.78 is 0. The summed E-state index contributed by atoms with van der Waals surface area (Å²) >= 11 is 0. The highest BCUT2D eigenvalue weighted by molar-refractivity contribution is 4.88. The molecule has 0 saturated carbocycles. The number of nitrogens with one attached hydrogen (secondary N) is 1. The molecule has 4 N–H and O–H groups in total. The second kappa shape index (κ2) is 3.52. The first-order chi connectivity index (χ1) is 5.19. The lowest BCUT2D eigenvalue weighted by Gasteiger charge is -2.37. The minimum atomic E-state index is -0.500. The first-order valence-electron chi connectivity index (χ1n) is 4.32. The average molecular weight is 158 g/mol. The summed E-state index contributed by atoms with van der Waals surface area (Å²) in [5, 5.41) is 13.2. The fourth-order valence-electron chi connectivity index (χ4n) is 1.57. The molecule has 0 aromatic rings. The maximum absolute atomic E-state index is 10.0. The molecule has 66 valence electrons. The topological polar surface area (TPSA) is 58.3 Å². The standard InChI is InChI=1S/C8H18N2O/c1-7(6-9)8(11)2-4-10-5-3-8/h7,10-11H,2-6,9H2,1H3. The summed E-state index contributed by atoms with van der Waals surface area (Å²) in [5.74, 6) is 0.226. The van der Waals surface area contributed by atoms with Crippen molar-refractivity contribution >= 4 is 0 Å². The second-order valence-corrected chi connectivity index (χ2v) is 3.49. The normalized spacial score (nSPS) is 26.5. The van der Waals surface area contributed by atoms with E-state index in [1.54, 1.807) is 0 Å². The zero-order valence-electron chi connectivity index (χ0n) is 7.14. The van der Waals surface area contributed by atoms with Gasteiger partial charge in [-0.25, -0.2) is 0 Å². The predicted octanol–water partition coefficient (Wildman–Crippen LogP) is -0.304. The van der Waals surface area contributed by atoms with Crippen molar-refractivity contribution in [2.75, 3.05) is 19.6 Å². The first kappa shape index (κ1) is 8.97. The fourth-order valence-corrected chi connectivity index (χ4v) is 1.57. The zero-order chi connectivity index (χ0) is 8.32. The number of piperidine rings is 1. The molecule has 1 aliphatic rings. The maximum atomic E-state index is 10.0. The number of hydrogen-bond donors (Lipinski definition) is 3. The van der Waals surface area contributed by atoms with Crippen molar-refractivity contribution in [3.8, 4) is 0 Å². The van der Waals surface area contributed by atoms with Crippen molar-refractivity contribution in [1.29, 1.82) is 0 Å². The molecular formula is C8H18N2O. The molecule has 0 spiro atoms. The Balaban J connectivity index is 2.49. The Morgan fingerprint density at radius 2 is 2.09 bits per heavy atom. The van der Waals surface area contributed by atoms with E-state index in [0.29, 0.717) is 6.54 Å². The van der Waals surface area contributed by atoms with Crippen molar-refractivity contribution < 1.29 is 5.11 Å². The molecule has 0 amide bonds. The van der Waals surface area contributed by atoms with Crippen LogP contribution in [0.4, 0.5) is 0 Å². The van der Waals surface area contributed by atoms with Crippen LogP contribution in [0.3, 0.4) is 0 Å². The third-order valence-electron chi connectivity index (χ3n) is 2.74. The Morgan fingerprint density at radius 1 is 1.55 bits per heavy atom. The van der Waals surface area contributed by atoms with Crippen LogP contribution in [0.25, 0.3) is 0 Å². The van der Waals surface area contributed by atoms with Crippen LogP contribution in [0.15, 0.2) is 0 Å². The van der Waals surface area contributed by atoms with E-state index >= 15 is 0 Å². The van der Waals surface area contributed by atoms with Gasteiger partial charge in [-0.3, -0.25) is 0 Å². The SMILES string of the molecule is CC(CN)C1(O)CCNCC1. The smallest absolute Gasteiger partial charge is 0.0709 e. The first-order valence-corrected chi connectivity index (χ1v) is 4.32. The summed E-state index contributed by atoms with van der Waals surface area (Å²) in [5.41, 5.74) is 5.01. The van der Waals surface area contributed by atoms with E-state index in [0.717, 1.165) is 25.9 Å². The summed E-state index contributed by atoms with van der Waals surface area (Å²) in [4.78, 5) is 0.